The molecule has 3 rings (SSSR count). The Kier molecular flexibility index (Phi) is 3.81. The van der Waals surface area contributed by atoms with Crippen LogP contribution in [0.25, 0.3) is 0 Å². The molecule has 2 aromatic heterocycles. The summed E-state index contributed by atoms with van der Waals surface area (Å²) in [7, 11) is 0. The highest BCUT2D eigenvalue weighted by Gasteiger charge is 2.25. The Morgan fingerprint density at radius 1 is 1.38 bits per heavy atom. The van der Waals surface area contributed by atoms with Gasteiger partial charge in [0, 0.05) is 25.4 Å². The molecule has 0 radical (unpaired) electrons. The summed E-state index contributed by atoms with van der Waals surface area (Å²) >= 11 is 0. The number of piperidine rings is 1. The first-order valence-corrected chi connectivity index (χ1v) is 7.01. The summed E-state index contributed by atoms with van der Waals surface area (Å²) in [6.45, 7) is 1.43. The second kappa shape index (κ2) is 5.90. The minimum absolute atomic E-state index is 0.0342. The predicted molar refractivity (Wildman–Crippen MR) is 75.6 cm³/mol. The number of carbonyl (C=O) groups is 1. The molecule has 1 amide bonds. The largest absolute Gasteiger partial charge is 0.339 e. The van der Waals surface area contributed by atoms with E-state index in [2.05, 4.69) is 10.1 Å². The van der Waals surface area contributed by atoms with E-state index in [0.29, 0.717) is 6.54 Å². The Morgan fingerprint density at radius 3 is 3.05 bits per heavy atom. The van der Waals surface area contributed by atoms with Gasteiger partial charge in [-0.15, -0.1) is 0 Å². The lowest BCUT2D eigenvalue weighted by atomic mass is 10.1. The lowest BCUT2D eigenvalue weighted by molar-refractivity contribution is -0.133. The van der Waals surface area contributed by atoms with Gasteiger partial charge in [-0.1, -0.05) is 6.07 Å². The molecule has 0 bridgehead atoms. The summed E-state index contributed by atoms with van der Waals surface area (Å²) in [6, 6.07) is 5.05. The van der Waals surface area contributed by atoms with E-state index in [4.69, 9.17) is 0 Å². The molecule has 0 aromatic carbocycles. The first-order chi connectivity index (χ1) is 10.2. The van der Waals surface area contributed by atoms with Gasteiger partial charge in [0.2, 0.25) is 5.91 Å². The number of carbonyl (C=O) groups excluding carboxylic acids is 1. The second-order valence-electron chi connectivity index (χ2n) is 5.18. The van der Waals surface area contributed by atoms with E-state index in [1.54, 1.807) is 34.2 Å². The highest BCUT2D eigenvalue weighted by Crippen LogP contribution is 2.20. The number of aromatic nitrogens is 4. The summed E-state index contributed by atoms with van der Waals surface area (Å²) in [5.74, 6) is -0.0342. The molecule has 110 valence electrons. The van der Waals surface area contributed by atoms with Crippen LogP contribution < -0.4 is 5.56 Å². The molecule has 7 heteroatoms. The van der Waals surface area contributed by atoms with Crippen molar-refractivity contribution in [1.29, 1.82) is 0 Å². The Balaban J connectivity index is 1.67. The molecule has 21 heavy (non-hydrogen) atoms. The first-order valence-electron chi connectivity index (χ1n) is 7.01. The summed E-state index contributed by atoms with van der Waals surface area (Å²) in [5, 5.41) is 4.14. The second-order valence-corrected chi connectivity index (χ2v) is 5.18. The Morgan fingerprint density at radius 2 is 2.29 bits per heavy atom. The minimum atomic E-state index is -0.157. The number of nitrogens with zero attached hydrogens (tertiary/aromatic N) is 5. The van der Waals surface area contributed by atoms with Crippen LogP contribution in [-0.2, 0) is 11.3 Å². The van der Waals surface area contributed by atoms with Crippen LogP contribution in [0.4, 0.5) is 0 Å². The Labute approximate surface area is 121 Å². The van der Waals surface area contributed by atoms with Crippen molar-refractivity contribution in [3.8, 4) is 0 Å². The number of hydrogen-bond donors (Lipinski definition) is 0. The third kappa shape index (κ3) is 3.01. The zero-order valence-electron chi connectivity index (χ0n) is 11.6. The maximum absolute atomic E-state index is 12.4. The van der Waals surface area contributed by atoms with E-state index in [0.717, 1.165) is 19.4 Å². The van der Waals surface area contributed by atoms with Crippen molar-refractivity contribution in [2.24, 2.45) is 0 Å². The van der Waals surface area contributed by atoms with Gasteiger partial charge in [0.15, 0.2) is 0 Å². The molecule has 1 aliphatic heterocycles. The van der Waals surface area contributed by atoms with E-state index >= 15 is 0 Å². The van der Waals surface area contributed by atoms with Crippen LogP contribution in [0.3, 0.4) is 0 Å². The monoisotopic (exact) mass is 287 g/mol. The molecule has 1 saturated heterocycles. The molecule has 3 heterocycles. The summed E-state index contributed by atoms with van der Waals surface area (Å²) in [4.78, 5) is 29.8. The lowest BCUT2D eigenvalue weighted by Gasteiger charge is -2.32. The number of hydrogen-bond acceptors (Lipinski definition) is 4. The third-order valence-corrected chi connectivity index (χ3v) is 3.76. The average Bonchev–Trinajstić information content (AvgIpc) is 3.04. The summed E-state index contributed by atoms with van der Waals surface area (Å²) in [5.41, 5.74) is -0.157. The zero-order chi connectivity index (χ0) is 14.7. The van der Waals surface area contributed by atoms with Crippen molar-refractivity contribution >= 4 is 5.91 Å². The minimum Gasteiger partial charge on any atom is -0.339 e. The quantitative estimate of drug-likeness (QED) is 0.814. The molecule has 0 unspecified atom stereocenters. The fourth-order valence-electron chi connectivity index (χ4n) is 2.64. The van der Waals surface area contributed by atoms with E-state index in [1.807, 2.05) is 0 Å². The predicted octanol–water partition coefficient (Wildman–Crippen LogP) is 0.303. The van der Waals surface area contributed by atoms with Crippen molar-refractivity contribution in [2.45, 2.75) is 25.4 Å². The van der Waals surface area contributed by atoms with Crippen molar-refractivity contribution in [3.63, 3.8) is 0 Å². The maximum Gasteiger partial charge on any atom is 0.250 e. The topological polar surface area (TPSA) is 73.0 Å². The van der Waals surface area contributed by atoms with Crippen LogP contribution in [0, 0.1) is 0 Å². The fourth-order valence-corrected chi connectivity index (χ4v) is 2.64. The van der Waals surface area contributed by atoms with Crippen molar-refractivity contribution in [2.75, 3.05) is 13.1 Å². The van der Waals surface area contributed by atoms with Crippen LogP contribution in [0.1, 0.15) is 18.9 Å². The number of likely N-dealkylation sites (tertiary alicyclic amines) is 1. The van der Waals surface area contributed by atoms with Crippen LogP contribution in [0.15, 0.2) is 41.8 Å². The first kappa shape index (κ1) is 13.5. The van der Waals surface area contributed by atoms with Crippen molar-refractivity contribution in [3.05, 3.63) is 47.4 Å². The van der Waals surface area contributed by atoms with Gasteiger partial charge >= 0.3 is 0 Å². The average molecular weight is 287 g/mol. The van der Waals surface area contributed by atoms with Gasteiger partial charge in [0.1, 0.15) is 19.2 Å². The van der Waals surface area contributed by atoms with Gasteiger partial charge in [-0.05, 0) is 18.9 Å². The smallest absolute Gasteiger partial charge is 0.250 e. The Bertz CT molecular complexity index is 664. The van der Waals surface area contributed by atoms with Crippen LogP contribution in [0.2, 0.25) is 0 Å². The van der Waals surface area contributed by atoms with E-state index in [-0.39, 0.29) is 24.1 Å². The third-order valence-electron chi connectivity index (χ3n) is 3.76. The molecule has 7 nitrogen and oxygen atoms in total. The molecular formula is C14H17N5O2. The van der Waals surface area contributed by atoms with Crippen molar-refractivity contribution < 1.29 is 4.79 Å². The van der Waals surface area contributed by atoms with Gasteiger partial charge in [0.25, 0.3) is 5.56 Å². The van der Waals surface area contributed by atoms with Gasteiger partial charge in [-0.2, -0.15) is 5.10 Å². The molecule has 0 saturated carbocycles. The fraction of sp³-hybridized carbons (Fsp3) is 0.429. The van der Waals surface area contributed by atoms with Crippen LogP contribution in [-0.4, -0.2) is 43.2 Å². The Hall–Kier alpha value is -2.44. The maximum atomic E-state index is 12.4. The molecule has 2 aromatic rings. The molecule has 0 aliphatic carbocycles. The molecule has 1 atom stereocenters. The van der Waals surface area contributed by atoms with E-state index in [1.165, 1.54) is 17.0 Å². The molecule has 1 aliphatic rings. The van der Waals surface area contributed by atoms with E-state index in [9.17, 15) is 9.59 Å². The normalized spacial score (nSPS) is 18.7. The van der Waals surface area contributed by atoms with Gasteiger partial charge in [0.05, 0.1) is 6.04 Å². The molecule has 0 spiro atoms. The number of rotatable bonds is 3. The van der Waals surface area contributed by atoms with Crippen molar-refractivity contribution in [1.82, 2.24) is 24.2 Å². The highest BCUT2D eigenvalue weighted by atomic mass is 16.2. The summed E-state index contributed by atoms with van der Waals surface area (Å²) < 4.78 is 3.23. The van der Waals surface area contributed by atoms with Crippen LogP contribution >= 0.6 is 0 Å². The standard InChI is InChI=1S/C14H17N5O2/c20-13-5-1-2-6-18(13)9-14(21)17-7-3-4-12(8-17)19-11-15-10-16-19/h1-2,5-6,10-12H,3-4,7-9H2/t12-/m0/s1. The van der Waals surface area contributed by atoms with Gasteiger partial charge in [-0.25, -0.2) is 9.67 Å². The highest BCUT2D eigenvalue weighted by molar-refractivity contribution is 5.76. The van der Waals surface area contributed by atoms with Gasteiger partial charge in [-0.3, -0.25) is 9.59 Å². The zero-order valence-corrected chi connectivity index (χ0v) is 11.6. The molecule has 0 N–H and O–H groups in total. The lowest BCUT2D eigenvalue weighted by Crippen LogP contribution is -2.43. The number of pyridine rings is 1. The molecule has 1 fully saturated rings. The molecular weight excluding hydrogens is 270 g/mol. The SMILES string of the molecule is O=C(Cn1ccccc1=O)N1CCC[C@H](n2cncn2)C1. The van der Waals surface area contributed by atoms with Gasteiger partial charge < -0.3 is 9.47 Å². The van der Waals surface area contributed by atoms with E-state index < -0.39 is 0 Å². The van der Waals surface area contributed by atoms with Crippen LogP contribution in [0.5, 0.6) is 0 Å². The summed E-state index contributed by atoms with van der Waals surface area (Å²) in [6.07, 6.45) is 6.74. The number of amides is 1.